The first kappa shape index (κ1) is 27.3. The minimum Gasteiger partial charge on any atom is -0.480 e. The largest absolute Gasteiger partial charge is 0.480 e. The molecule has 2 aromatic rings. The smallest absolute Gasteiger partial charge is 0.324 e. The maximum atomic E-state index is 14.2. The molecule has 0 saturated carbocycles. The number of imide groups is 1. The van der Waals surface area contributed by atoms with Crippen molar-refractivity contribution in [3.05, 3.63) is 64.2 Å². The molecule has 0 radical (unpaired) electrons. The Hall–Kier alpha value is -3.72. The van der Waals surface area contributed by atoms with Crippen LogP contribution in [-0.4, -0.2) is 41.0 Å². The molecule has 4 unspecified atom stereocenters. The number of rotatable bonds is 9. The van der Waals surface area contributed by atoms with E-state index in [0.29, 0.717) is 18.5 Å². The lowest BCUT2D eigenvalue weighted by atomic mass is 9.76. The van der Waals surface area contributed by atoms with E-state index in [1.165, 1.54) is 4.90 Å². The first-order chi connectivity index (χ1) is 18.1. The molecule has 0 aromatic heterocycles. The average molecular weight is 521 g/mol. The molecule has 2 heterocycles. The topological polar surface area (TPSA) is 142 Å². The van der Waals surface area contributed by atoms with Gasteiger partial charge >= 0.3 is 12.0 Å². The third-order valence-corrected chi connectivity index (χ3v) is 8.04. The van der Waals surface area contributed by atoms with E-state index in [1.807, 2.05) is 64.1 Å². The van der Waals surface area contributed by atoms with Crippen LogP contribution < -0.4 is 21.3 Å². The van der Waals surface area contributed by atoms with Gasteiger partial charge in [-0.25, -0.2) is 9.69 Å². The van der Waals surface area contributed by atoms with Gasteiger partial charge < -0.3 is 16.2 Å². The molecule has 4 atom stereocenters. The van der Waals surface area contributed by atoms with Crippen LogP contribution in [0.4, 0.5) is 10.5 Å². The molecule has 0 spiro atoms. The SMILES string of the molecule is CCc1cccc(CC)c1N1C(=O)C2C(c3cc(C)ccc3C)NC(CCCNC(N)=O)(C(=O)O)C2C1=O. The number of carbonyl (C=O) groups excluding carboxylic acids is 3. The number of urea groups is 1. The van der Waals surface area contributed by atoms with Crippen LogP contribution >= 0.6 is 0 Å². The van der Waals surface area contributed by atoms with Crippen LogP contribution in [0.3, 0.4) is 0 Å². The quantitative estimate of drug-likeness (QED) is 0.296. The van der Waals surface area contributed by atoms with Gasteiger partial charge in [0.05, 0.1) is 17.5 Å². The number of anilines is 1. The molecule has 2 saturated heterocycles. The van der Waals surface area contributed by atoms with Gasteiger partial charge in [0, 0.05) is 12.6 Å². The van der Waals surface area contributed by atoms with Crippen molar-refractivity contribution >= 4 is 29.5 Å². The molecule has 0 aliphatic carbocycles. The second-order valence-electron chi connectivity index (χ2n) is 10.3. The molecule has 2 fully saturated rings. The van der Waals surface area contributed by atoms with Crippen LogP contribution in [0, 0.1) is 25.7 Å². The molecule has 4 amide bonds. The summed E-state index contributed by atoms with van der Waals surface area (Å²) in [5.74, 6) is -4.08. The summed E-state index contributed by atoms with van der Waals surface area (Å²) in [5, 5.41) is 16.4. The second-order valence-corrected chi connectivity index (χ2v) is 10.3. The number of carboxylic acid groups (broad SMARTS) is 1. The number of primary amides is 1. The van der Waals surface area contributed by atoms with Crippen molar-refractivity contribution < 1.29 is 24.3 Å². The van der Waals surface area contributed by atoms with Gasteiger partial charge in [0.1, 0.15) is 5.54 Å². The first-order valence-electron chi connectivity index (χ1n) is 13.2. The predicted molar refractivity (Wildman–Crippen MR) is 144 cm³/mol. The Labute approximate surface area is 222 Å². The van der Waals surface area contributed by atoms with Crippen LogP contribution in [0.2, 0.25) is 0 Å². The van der Waals surface area contributed by atoms with Crippen molar-refractivity contribution in [2.75, 3.05) is 11.4 Å². The molecule has 9 heteroatoms. The van der Waals surface area contributed by atoms with Gasteiger partial charge in [-0.15, -0.1) is 0 Å². The third-order valence-electron chi connectivity index (χ3n) is 8.04. The fraction of sp³-hybridized carbons (Fsp3) is 0.448. The second kappa shape index (κ2) is 10.6. The molecular formula is C29H36N4O5. The van der Waals surface area contributed by atoms with Crippen LogP contribution in [-0.2, 0) is 27.2 Å². The molecule has 5 N–H and O–H groups in total. The average Bonchev–Trinajstić information content (AvgIpc) is 3.36. The number of para-hydroxylation sites is 1. The third kappa shape index (κ3) is 4.45. The summed E-state index contributed by atoms with van der Waals surface area (Å²) < 4.78 is 0. The number of amides is 4. The lowest BCUT2D eigenvalue weighted by molar-refractivity contribution is -0.149. The minimum atomic E-state index is -1.69. The zero-order valence-corrected chi connectivity index (χ0v) is 22.3. The number of nitrogens with two attached hydrogens (primary N) is 1. The van der Waals surface area contributed by atoms with Crippen LogP contribution in [0.5, 0.6) is 0 Å². The van der Waals surface area contributed by atoms with Crippen LogP contribution in [0.15, 0.2) is 36.4 Å². The van der Waals surface area contributed by atoms with Crippen molar-refractivity contribution in [1.29, 1.82) is 0 Å². The van der Waals surface area contributed by atoms with E-state index < -0.39 is 41.3 Å². The highest BCUT2D eigenvalue weighted by atomic mass is 16.4. The highest BCUT2D eigenvalue weighted by Gasteiger charge is 2.68. The number of nitrogens with zero attached hydrogens (tertiary/aromatic N) is 1. The van der Waals surface area contributed by atoms with E-state index in [0.717, 1.165) is 27.8 Å². The Morgan fingerprint density at radius 1 is 1.08 bits per heavy atom. The lowest BCUT2D eigenvalue weighted by Gasteiger charge is -2.32. The molecular weight excluding hydrogens is 484 g/mol. The van der Waals surface area contributed by atoms with E-state index in [4.69, 9.17) is 5.73 Å². The lowest BCUT2D eigenvalue weighted by Crippen LogP contribution is -2.56. The minimum absolute atomic E-state index is 0.0358. The van der Waals surface area contributed by atoms with Gasteiger partial charge in [-0.05, 0) is 61.8 Å². The van der Waals surface area contributed by atoms with E-state index in [-0.39, 0.29) is 25.3 Å². The molecule has 202 valence electrons. The van der Waals surface area contributed by atoms with Gasteiger partial charge in [-0.2, -0.15) is 0 Å². The standard InChI is InChI=1S/C29H36N4O5/c1-5-18-9-7-10-19(6-2)24(18)33-25(34)21-22(26(33)35)29(27(36)37,13-8-14-31-28(30)38)32-23(21)20-15-16(3)11-12-17(20)4/h7,9-12,15,21-23,32H,5-6,8,13-14H2,1-4H3,(H,36,37)(H3,30,31,38). The molecule has 2 aliphatic heterocycles. The Morgan fingerprint density at radius 3 is 2.32 bits per heavy atom. The maximum Gasteiger partial charge on any atom is 0.324 e. The van der Waals surface area contributed by atoms with Crippen molar-refractivity contribution in [2.45, 2.75) is 65.0 Å². The number of hydrogen-bond donors (Lipinski definition) is 4. The monoisotopic (exact) mass is 520 g/mol. The summed E-state index contributed by atoms with van der Waals surface area (Å²) in [5.41, 5.74) is 8.49. The van der Waals surface area contributed by atoms with E-state index >= 15 is 0 Å². The molecule has 0 bridgehead atoms. The van der Waals surface area contributed by atoms with Crippen molar-refractivity contribution in [2.24, 2.45) is 17.6 Å². The summed E-state index contributed by atoms with van der Waals surface area (Å²) in [7, 11) is 0. The summed E-state index contributed by atoms with van der Waals surface area (Å²) in [4.78, 5) is 53.9. The Kier molecular flexibility index (Phi) is 7.60. The fourth-order valence-corrected chi connectivity index (χ4v) is 6.20. The molecule has 2 aromatic carbocycles. The number of nitrogens with one attached hydrogen (secondary N) is 2. The Morgan fingerprint density at radius 2 is 1.74 bits per heavy atom. The molecule has 38 heavy (non-hydrogen) atoms. The maximum absolute atomic E-state index is 14.2. The van der Waals surface area contributed by atoms with Crippen LogP contribution in [0.1, 0.15) is 60.5 Å². The highest BCUT2D eigenvalue weighted by Crippen LogP contribution is 2.52. The number of benzene rings is 2. The number of fused-ring (bicyclic) bond motifs is 1. The van der Waals surface area contributed by atoms with E-state index in [2.05, 4.69) is 10.6 Å². The number of aliphatic carboxylic acids is 1. The fourth-order valence-electron chi connectivity index (χ4n) is 6.20. The summed E-state index contributed by atoms with van der Waals surface area (Å²) in [6.07, 6.45) is 1.54. The van der Waals surface area contributed by atoms with Gasteiger partial charge in [0.15, 0.2) is 0 Å². The van der Waals surface area contributed by atoms with Crippen molar-refractivity contribution in [3.63, 3.8) is 0 Å². The van der Waals surface area contributed by atoms with Gasteiger partial charge in [-0.3, -0.25) is 19.7 Å². The van der Waals surface area contributed by atoms with Gasteiger partial charge in [-0.1, -0.05) is 55.8 Å². The normalized spacial score (nSPS) is 24.5. The highest BCUT2D eigenvalue weighted by molar-refractivity contribution is 6.25. The molecule has 4 rings (SSSR count). The number of aryl methyl sites for hydroxylation is 4. The number of carboxylic acids is 1. The van der Waals surface area contributed by atoms with Gasteiger partial charge in [0.2, 0.25) is 11.8 Å². The first-order valence-corrected chi connectivity index (χ1v) is 13.2. The van der Waals surface area contributed by atoms with Crippen molar-refractivity contribution in [1.82, 2.24) is 10.6 Å². The van der Waals surface area contributed by atoms with E-state index in [9.17, 15) is 24.3 Å². The summed E-state index contributed by atoms with van der Waals surface area (Å²) in [6, 6.07) is 10.2. The summed E-state index contributed by atoms with van der Waals surface area (Å²) in [6.45, 7) is 7.95. The zero-order valence-electron chi connectivity index (χ0n) is 22.3. The molecule has 2 aliphatic rings. The van der Waals surface area contributed by atoms with Gasteiger partial charge in [0.25, 0.3) is 0 Å². The Balaban J connectivity index is 1.87. The van der Waals surface area contributed by atoms with Crippen molar-refractivity contribution in [3.8, 4) is 0 Å². The predicted octanol–water partition coefficient (Wildman–Crippen LogP) is 3.15. The Bertz CT molecular complexity index is 1270. The zero-order chi connectivity index (χ0) is 27.8. The molecule has 9 nitrogen and oxygen atoms in total. The summed E-state index contributed by atoms with van der Waals surface area (Å²) >= 11 is 0. The number of hydrogen-bond acceptors (Lipinski definition) is 5. The number of carbonyl (C=O) groups is 4. The van der Waals surface area contributed by atoms with Crippen LogP contribution in [0.25, 0.3) is 0 Å². The van der Waals surface area contributed by atoms with E-state index in [1.54, 1.807) is 0 Å².